The maximum absolute atomic E-state index is 12.6. The third kappa shape index (κ3) is 6.01. The van der Waals surface area contributed by atoms with Gasteiger partial charge in [0.05, 0.1) is 41.7 Å². The SMILES string of the molecule is CC1(C)C[C@@H](CNc2cncc(-c3cc(CC(=O)[C@H]4CNCCO4)ncc3Cl)n2)CCO1. The number of ether oxygens (including phenoxy) is 2. The Kier molecular flexibility index (Phi) is 7.35. The third-order valence-electron chi connectivity index (χ3n) is 5.84. The highest BCUT2D eigenvalue weighted by Gasteiger charge is 2.28. The molecule has 172 valence electrons. The number of rotatable bonds is 7. The standard InChI is InChI=1S/C23H30ClN5O3/c1-23(2)9-15(3-5-32-23)10-28-22-14-26-12-19(29-22)17-7-16(27-11-18(17)24)8-20(30)21-13-25-4-6-31-21/h7,11-12,14-15,21,25H,3-6,8-10,13H2,1-2H3,(H,28,29)/t15-,21+/m0/s1. The van der Waals surface area contributed by atoms with Gasteiger partial charge in [-0.25, -0.2) is 4.98 Å². The fourth-order valence-electron chi connectivity index (χ4n) is 4.20. The number of aromatic nitrogens is 3. The number of nitrogens with one attached hydrogen (secondary N) is 2. The quantitative estimate of drug-likeness (QED) is 0.652. The minimum Gasteiger partial charge on any atom is -0.376 e. The highest BCUT2D eigenvalue weighted by atomic mass is 35.5. The van der Waals surface area contributed by atoms with E-state index in [0.29, 0.717) is 46.9 Å². The minimum atomic E-state index is -0.438. The van der Waals surface area contributed by atoms with Gasteiger partial charge in [-0.15, -0.1) is 0 Å². The van der Waals surface area contributed by atoms with Crippen molar-refractivity contribution in [3.63, 3.8) is 0 Å². The summed E-state index contributed by atoms with van der Waals surface area (Å²) < 4.78 is 11.4. The molecule has 2 aromatic heterocycles. The van der Waals surface area contributed by atoms with E-state index in [0.717, 1.165) is 32.5 Å². The summed E-state index contributed by atoms with van der Waals surface area (Å²) in [6.45, 7) is 7.68. The van der Waals surface area contributed by atoms with Crippen molar-refractivity contribution in [2.75, 3.05) is 38.2 Å². The van der Waals surface area contributed by atoms with E-state index in [1.807, 2.05) is 6.07 Å². The molecule has 0 spiro atoms. The Bertz CT molecular complexity index is 949. The van der Waals surface area contributed by atoms with Gasteiger partial charge in [0.2, 0.25) is 0 Å². The van der Waals surface area contributed by atoms with E-state index in [9.17, 15) is 4.79 Å². The van der Waals surface area contributed by atoms with Gasteiger partial charge in [0.25, 0.3) is 0 Å². The van der Waals surface area contributed by atoms with Crippen molar-refractivity contribution in [3.8, 4) is 11.3 Å². The van der Waals surface area contributed by atoms with E-state index in [4.69, 9.17) is 26.1 Å². The zero-order valence-corrected chi connectivity index (χ0v) is 19.3. The number of hydrogen-bond acceptors (Lipinski definition) is 8. The van der Waals surface area contributed by atoms with E-state index in [1.54, 1.807) is 18.6 Å². The average Bonchev–Trinajstić information content (AvgIpc) is 2.79. The lowest BCUT2D eigenvalue weighted by Crippen LogP contribution is -2.43. The van der Waals surface area contributed by atoms with Crippen molar-refractivity contribution < 1.29 is 14.3 Å². The molecule has 0 aliphatic carbocycles. The Morgan fingerprint density at radius 2 is 2.19 bits per heavy atom. The molecule has 0 aromatic carbocycles. The average molecular weight is 460 g/mol. The molecule has 4 heterocycles. The zero-order chi connectivity index (χ0) is 22.6. The lowest BCUT2D eigenvalue weighted by atomic mass is 9.88. The lowest BCUT2D eigenvalue weighted by molar-refractivity contribution is -0.131. The second-order valence-corrected chi connectivity index (χ2v) is 9.41. The van der Waals surface area contributed by atoms with Gasteiger partial charge in [-0.2, -0.15) is 0 Å². The van der Waals surface area contributed by atoms with Crippen LogP contribution in [-0.4, -0.2) is 65.3 Å². The first-order valence-electron chi connectivity index (χ1n) is 11.1. The molecular formula is C23H30ClN5O3. The van der Waals surface area contributed by atoms with Crippen molar-refractivity contribution >= 4 is 23.2 Å². The van der Waals surface area contributed by atoms with Crippen LogP contribution in [0.5, 0.6) is 0 Å². The van der Waals surface area contributed by atoms with E-state index >= 15 is 0 Å². The topological polar surface area (TPSA) is 98.3 Å². The number of hydrogen-bond donors (Lipinski definition) is 2. The van der Waals surface area contributed by atoms with Crippen LogP contribution in [0.3, 0.4) is 0 Å². The summed E-state index contributed by atoms with van der Waals surface area (Å²) in [5.41, 5.74) is 1.89. The molecule has 0 radical (unpaired) electrons. The van der Waals surface area contributed by atoms with E-state index in [-0.39, 0.29) is 17.8 Å². The molecular weight excluding hydrogens is 430 g/mol. The molecule has 2 aromatic rings. The van der Waals surface area contributed by atoms with Gasteiger partial charge in [-0.05, 0) is 38.7 Å². The molecule has 2 saturated heterocycles. The minimum absolute atomic E-state index is 0.00106. The summed E-state index contributed by atoms with van der Waals surface area (Å²) >= 11 is 6.41. The summed E-state index contributed by atoms with van der Waals surface area (Å²) in [7, 11) is 0. The summed E-state index contributed by atoms with van der Waals surface area (Å²) in [4.78, 5) is 25.9. The molecule has 8 nitrogen and oxygen atoms in total. The van der Waals surface area contributed by atoms with Crippen LogP contribution in [0.2, 0.25) is 5.02 Å². The number of carbonyl (C=O) groups is 1. The van der Waals surface area contributed by atoms with Crippen LogP contribution in [0.25, 0.3) is 11.3 Å². The summed E-state index contributed by atoms with van der Waals surface area (Å²) in [6, 6.07) is 1.81. The van der Waals surface area contributed by atoms with Crippen LogP contribution in [0.15, 0.2) is 24.7 Å². The lowest BCUT2D eigenvalue weighted by Gasteiger charge is -2.35. The van der Waals surface area contributed by atoms with Crippen LogP contribution in [0, 0.1) is 5.92 Å². The Hall–Kier alpha value is -2.13. The fraction of sp³-hybridized carbons (Fsp3) is 0.565. The van der Waals surface area contributed by atoms with Crippen LogP contribution >= 0.6 is 11.6 Å². The molecule has 0 bridgehead atoms. The number of Topliss-reactive ketones (excluding diaryl/α,β-unsaturated/α-hetero) is 1. The van der Waals surface area contributed by atoms with Gasteiger partial charge >= 0.3 is 0 Å². The Balaban J connectivity index is 1.43. The molecule has 2 atom stereocenters. The van der Waals surface area contributed by atoms with Crippen molar-refractivity contribution in [1.82, 2.24) is 20.3 Å². The second-order valence-electron chi connectivity index (χ2n) is 9.00. The van der Waals surface area contributed by atoms with Gasteiger partial charge in [0, 0.05) is 43.7 Å². The Morgan fingerprint density at radius 1 is 1.31 bits per heavy atom. The fourth-order valence-corrected chi connectivity index (χ4v) is 4.40. The van der Waals surface area contributed by atoms with Gasteiger partial charge in [-0.1, -0.05) is 11.6 Å². The molecule has 0 amide bonds. The molecule has 2 aliphatic rings. The van der Waals surface area contributed by atoms with Crippen LogP contribution in [0.1, 0.15) is 32.4 Å². The van der Waals surface area contributed by atoms with Crippen LogP contribution in [-0.2, 0) is 20.7 Å². The van der Waals surface area contributed by atoms with E-state index in [2.05, 4.69) is 34.4 Å². The first-order valence-corrected chi connectivity index (χ1v) is 11.5. The largest absolute Gasteiger partial charge is 0.376 e. The molecule has 2 fully saturated rings. The van der Waals surface area contributed by atoms with Crippen LogP contribution < -0.4 is 10.6 Å². The van der Waals surface area contributed by atoms with Crippen LogP contribution in [0.4, 0.5) is 5.82 Å². The molecule has 2 aliphatic heterocycles. The molecule has 4 rings (SSSR count). The van der Waals surface area contributed by atoms with E-state index < -0.39 is 6.10 Å². The molecule has 0 saturated carbocycles. The number of carbonyl (C=O) groups excluding carboxylic acids is 1. The number of ketones is 1. The molecule has 2 N–H and O–H groups in total. The highest BCUT2D eigenvalue weighted by Crippen LogP contribution is 2.30. The number of morpholine rings is 1. The van der Waals surface area contributed by atoms with E-state index in [1.165, 1.54) is 0 Å². The molecule has 9 heteroatoms. The number of pyridine rings is 1. The first kappa shape index (κ1) is 23.0. The predicted molar refractivity (Wildman–Crippen MR) is 123 cm³/mol. The number of halogens is 1. The van der Waals surface area contributed by atoms with Crippen molar-refractivity contribution in [2.24, 2.45) is 5.92 Å². The summed E-state index contributed by atoms with van der Waals surface area (Å²) in [5, 5.41) is 7.05. The van der Waals surface area contributed by atoms with Gasteiger partial charge in [0.1, 0.15) is 11.9 Å². The monoisotopic (exact) mass is 459 g/mol. The zero-order valence-electron chi connectivity index (χ0n) is 18.6. The predicted octanol–water partition coefficient (Wildman–Crippen LogP) is 2.91. The normalized spacial score (nSPS) is 23.0. The Labute approximate surface area is 193 Å². The molecule has 0 unspecified atom stereocenters. The number of anilines is 1. The third-order valence-corrected chi connectivity index (χ3v) is 6.14. The maximum atomic E-state index is 12.6. The smallest absolute Gasteiger partial charge is 0.168 e. The molecule has 32 heavy (non-hydrogen) atoms. The van der Waals surface area contributed by atoms with Crippen molar-refractivity contribution in [3.05, 3.63) is 35.4 Å². The number of nitrogens with zero attached hydrogens (tertiary/aromatic N) is 3. The van der Waals surface area contributed by atoms with Gasteiger partial charge in [-0.3, -0.25) is 14.8 Å². The van der Waals surface area contributed by atoms with Crippen molar-refractivity contribution in [2.45, 2.75) is 44.8 Å². The summed E-state index contributed by atoms with van der Waals surface area (Å²) in [5.74, 6) is 1.21. The maximum Gasteiger partial charge on any atom is 0.168 e. The van der Waals surface area contributed by atoms with Crippen molar-refractivity contribution in [1.29, 1.82) is 0 Å². The van der Waals surface area contributed by atoms with Gasteiger partial charge < -0.3 is 20.1 Å². The van der Waals surface area contributed by atoms with Gasteiger partial charge in [0.15, 0.2) is 5.78 Å². The Morgan fingerprint density at radius 3 is 2.97 bits per heavy atom. The summed E-state index contributed by atoms with van der Waals surface area (Å²) in [6.07, 6.45) is 6.71. The second kappa shape index (κ2) is 10.2. The first-order chi connectivity index (χ1) is 15.4. The highest BCUT2D eigenvalue weighted by molar-refractivity contribution is 6.33.